The first-order valence-corrected chi connectivity index (χ1v) is 8.53. The number of nitrogens with one attached hydrogen (secondary N) is 1. The minimum Gasteiger partial charge on any atom is -0.317 e. The Morgan fingerprint density at radius 1 is 0.737 bits per heavy atom. The first kappa shape index (κ1) is 18.6. The number of carbonyl (C=O) groups is 1. The van der Waals surface area contributed by atoms with E-state index in [0.717, 1.165) is 25.9 Å². The normalized spacial score (nSPS) is 10.8. The molecular formula is C17H35NO. The van der Waals surface area contributed by atoms with E-state index in [1.165, 1.54) is 57.8 Å². The van der Waals surface area contributed by atoms with Gasteiger partial charge in [-0.15, -0.1) is 0 Å². The number of hydrogen-bond acceptors (Lipinski definition) is 2. The SMILES string of the molecule is CCCCCCCCCCCCC(=O)CCNCC. The van der Waals surface area contributed by atoms with Gasteiger partial charge in [-0.25, -0.2) is 0 Å². The molecule has 0 aromatic carbocycles. The van der Waals surface area contributed by atoms with Gasteiger partial charge in [-0.1, -0.05) is 71.6 Å². The predicted octanol–water partition coefficient (Wildman–Crippen LogP) is 4.87. The lowest BCUT2D eigenvalue weighted by atomic mass is 10.0. The Morgan fingerprint density at radius 3 is 1.79 bits per heavy atom. The maximum Gasteiger partial charge on any atom is 0.134 e. The van der Waals surface area contributed by atoms with Crippen LogP contribution in [0.4, 0.5) is 0 Å². The van der Waals surface area contributed by atoms with Gasteiger partial charge in [-0.2, -0.15) is 0 Å². The molecule has 2 heteroatoms. The maximum absolute atomic E-state index is 11.5. The molecule has 0 saturated heterocycles. The highest BCUT2D eigenvalue weighted by Crippen LogP contribution is 2.11. The topological polar surface area (TPSA) is 29.1 Å². The van der Waals surface area contributed by atoms with E-state index in [1.807, 2.05) is 0 Å². The molecule has 0 aromatic rings. The van der Waals surface area contributed by atoms with Crippen molar-refractivity contribution in [3.63, 3.8) is 0 Å². The van der Waals surface area contributed by atoms with E-state index in [1.54, 1.807) is 0 Å². The molecule has 0 bridgehead atoms. The lowest BCUT2D eigenvalue weighted by molar-refractivity contribution is -0.119. The monoisotopic (exact) mass is 269 g/mol. The van der Waals surface area contributed by atoms with Crippen molar-refractivity contribution in [2.24, 2.45) is 0 Å². The lowest BCUT2D eigenvalue weighted by Crippen LogP contribution is -2.17. The molecule has 0 rings (SSSR count). The molecule has 1 N–H and O–H groups in total. The predicted molar refractivity (Wildman–Crippen MR) is 84.6 cm³/mol. The molecule has 0 spiro atoms. The summed E-state index contributed by atoms with van der Waals surface area (Å²) in [5, 5.41) is 3.20. The van der Waals surface area contributed by atoms with Crippen LogP contribution in [0.5, 0.6) is 0 Å². The third kappa shape index (κ3) is 15.6. The molecule has 19 heavy (non-hydrogen) atoms. The standard InChI is InChI=1S/C17H35NO/c1-3-5-6-7-8-9-10-11-12-13-14-17(19)15-16-18-4-2/h18H,3-16H2,1-2H3. The molecule has 0 atom stereocenters. The fourth-order valence-electron chi connectivity index (χ4n) is 2.34. The lowest BCUT2D eigenvalue weighted by Gasteiger charge is -2.03. The molecular weight excluding hydrogens is 234 g/mol. The van der Waals surface area contributed by atoms with Gasteiger partial charge in [-0.05, 0) is 13.0 Å². The van der Waals surface area contributed by atoms with E-state index in [9.17, 15) is 4.79 Å². The van der Waals surface area contributed by atoms with Crippen molar-refractivity contribution in [2.75, 3.05) is 13.1 Å². The average Bonchev–Trinajstić information content (AvgIpc) is 2.41. The zero-order valence-corrected chi connectivity index (χ0v) is 13.3. The third-order valence-electron chi connectivity index (χ3n) is 3.64. The number of unbranched alkanes of at least 4 members (excludes halogenated alkanes) is 9. The summed E-state index contributed by atoms with van der Waals surface area (Å²) in [4.78, 5) is 11.5. The number of carbonyl (C=O) groups excluding carboxylic acids is 1. The molecule has 0 unspecified atom stereocenters. The van der Waals surface area contributed by atoms with E-state index in [4.69, 9.17) is 0 Å². The first-order valence-electron chi connectivity index (χ1n) is 8.53. The molecule has 0 heterocycles. The highest BCUT2D eigenvalue weighted by molar-refractivity contribution is 5.78. The first-order chi connectivity index (χ1) is 9.31. The molecule has 0 radical (unpaired) electrons. The fraction of sp³-hybridized carbons (Fsp3) is 0.941. The van der Waals surface area contributed by atoms with E-state index in [2.05, 4.69) is 19.2 Å². The van der Waals surface area contributed by atoms with Crippen LogP contribution < -0.4 is 5.32 Å². The van der Waals surface area contributed by atoms with Crippen molar-refractivity contribution in [1.82, 2.24) is 5.32 Å². The zero-order chi connectivity index (χ0) is 14.2. The fourth-order valence-corrected chi connectivity index (χ4v) is 2.34. The van der Waals surface area contributed by atoms with Crippen LogP contribution in [0.25, 0.3) is 0 Å². The summed E-state index contributed by atoms with van der Waals surface area (Å²) in [6, 6.07) is 0. The van der Waals surface area contributed by atoms with Gasteiger partial charge >= 0.3 is 0 Å². The Bertz CT molecular complexity index is 192. The summed E-state index contributed by atoms with van der Waals surface area (Å²) in [5.41, 5.74) is 0. The highest BCUT2D eigenvalue weighted by atomic mass is 16.1. The van der Waals surface area contributed by atoms with Gasteiger partial charge in [0.05, 0.1) is 0 Å². The van der Waals surface area contributed by atoms with Crippen LogP contribution in [-0.2, 0) is 4.79 Å². The average molecular weight is 269 g/mol. The highest BCUT2D eigenvalue weighted by Gasteiger charge is 2.00. The second kappa shape index (κ2) is 15.7. The molecule has 0 aliphatic rings. The molecule has 0 fully saturated rings. The van der Waals surface area contributed by atoms with Crippen LogP contribution >= 0.6 is 0 Å². The number of ketones is 1. The summed E-state index contributed by atoms with van der Waals surface area (Å²) in [6.07, 6.45) is 14.9. The van der Waals surface area contributed by atoms with Gasteiger partial charge in [0.25, 0.3) is 0 Å². The second-order valence-corrected chi connectivity index (χ2v) is 5.57. The minimum absolute atomic E-state index is 0.431. The smallest absolute Gasteiger partial charge is 0.134 e. The summed E-state index contributed by atoms with van der Waals surface area (Å²) in [5.74, 6) is 0.431. The van der Waals surface area contributed by atoms with Gasteiger partial charge < -0.3 is 5.32 Å². The molecule has 0 aliphatic carbocycles. The van der Waals surface area contributed by atoms with Crippen LogP contribution in [0.2, 0.25) is 0 Å². The molecule has 0 saturated carbocycles. The Kier molecular flexibility index (Phi) is 15.4. The zero-order valence-electron chi connectivity index (χ0n) is 13.3. The van der Waals surface area contributed by atoms with Gasteiger partial charge in [0.2, 0.25) is 0 Å². The van der Waals surface area contributed by atoms with Gasteiger partial charge in [0.1, 0.15) is 5.78 Å². The molecule has 0 amide bonds. The second-order valence-electron chi connectivity index (χ2n) is 5.57. The summed E-state index contributed by atoms with van der Waals surface area (Å²) < 4.78 is 0. The van der Waals surface area contributed by atoms with Crippen molar-refractivity contribution >= 4 is 5.78 Å². The largest absolute Gasteiger partial charge is 0.317 e. The van der Waals surface area contributed by atoms with Crippen molar-refractivity contribution in [3.8, 4) is 0 Å². The molecule has 2 nitrogen and oxygen atoms in total. The van der Waals surface area contributed by atoms with Gasteiger partial charge in [0.15, 0.2) is 0 Å². The van der Waals surface area contributed by atoms with Crippen LogP contribution in [0.1, 0.15) is 90.9 Å². The van der Waals surface area contributed by atoms with Gasteiger partial charge in [0, 0.05) is 19.4 Å². The summed E-state index contributed by atoms with van der Waals surface area (Å²) in [6.45, 7) is 6.16. The third-order valence-corrected chi connectivity index (χ3v) is 3.64. The van der Waals surface area contributed by atoms with E-state index >= 15 is 0 Å². The Hall–Kier alpha value is -0.370. The van der Waals surface area contributed by atoms with E-state index in [0.29, 0.717) is 12.2 Å². The van der Waals surface area contributed by atoms with Crippen molar-refractivity contribution < 1.29 is 4.79 Å². The molecule has 0 aromatic heterocycles. The molecule has 0 aliphatic heterocycles. The number of Topliss-reactive ketones (excluding diaryl/α,β-unsaturated/α-hetero) is 1. The van der Waals surface area contributed by atoms with E-state index in [-0.39, 0.29) is 0 Å². The maximum atomic E-state index is 11.5. The minimum atomic E-state index is 0.431. The Morgan fingerprint density at radius 2 is 1.26 bits per heavy atom. The van der Waals surface area contributed by atoms with Crippen molar-refractivity contribution in [3.05, 3.63) is 0 Å². The summed E-state index contributed by atoms with van der Waals surface area (Å²) >= 11 is 0. The quantitative estimate of drug-likeness (QED) is 0.430. The van der Waals surface area contributed by atoms with Crippen LogP contribution in [0.3, 0.4) is 0 Å². The van der Waals surface area contributed by atoms with Crippen molar-refractivity contribution in [1.29, 1.82) is 0 Å². The Balaban J connectivity index is 3.07. The van der Waals surface area contributed by atoms with Gasteiger partial charge in [-0.3, -0.25) is 4.79 Å². The number of rotatable bonds is 15. The van der Waals surface area contributed by atoms with E-state index < -0.39 is 0 Å². The van der Waals surface area contributed by atoms with Crippen LogP contribution in [-0.4, -0.2) is 18.9 Å². The van der Waals surface area contributed by atoms with Crippen LogP contribution in [0, 0.1) is 0 Å². The summed E-state index contributed by atoms with van der Waals surface area (Å²) in [7, 11) is 0. The molecule has 114 valence electrons. The van der Waals surface area contributed by atoms with Crippen LogP contribution in [0.15, 0.2) is 0 Å². The van der Waals surface area contributed by atoms with Crippen molar-refractivity contribution in [2.45, 2.75) is 90.9 Å². The number of hydrogen-bond donors (Lipinski definition) is 1. The Labute approximate surface area is 120 Å².